The van der Waals surface area contributed by atoms with Gasteiger partial charge < -0.3 is 9.88 Å². The van der Waals surface area contributed by atoms with Crippen molar-refractivity contribution in [1.82, 2.24) is 14.8 Å². The number of alkyl halides is 1. The molecular weight excluding hydrogens is 329 g/mol. The molecule has 3 heterocycles. The van der Waals surface area contributed by atoms with Crippen LogP contribution in [0.1, 0.15) is 21.7 Å². The molecule has 0 bridgehead atoms. The van der Waals surface area contributed by atoms with Crippen molar-refractivity contribution in [2.24, 2.45) is 7.05 Å². The molecule has 1 amide bonds. The zero-order chi connectivity index (χ0) is 17.1. The summed E-state index contributed by atoms with van der Waals surface area (Å²) >= 11 is 1.65. The van der Waals surface area contributed by atoms with Gasteiger partial charge in [-0.25, -0.2) is 4.39 Å². The SMILES string of the molecule is Cn1cc(C(=O)NC[C@@H]2C[C@H](F)CN2Cc2cccs2)ccc1=O. The van der Waals surface area contributed by atoms with Gasteiger partial charge in [0.1, 0.15) is 6.17 Å². The topological polar surface area (TPSA) is 54.3 Å². The van der Waals surface area contributed by atoms with Crippen LogP contribution in [0, 0.1) is 0 Å². The van der Waals surface area contributed by atoms with E-state index < -0.39 is 6.17 Å². The van der Waals surface area contributed by atoms with Crippen LogP contribution in [0.15, 0.2) is 40.6 Å². The first-order chi connectivity index (χ1) is 11.5. The van der Waals surface area contributed by atoms with Crippen LogP contribution in [0.4, 0.5) is 4.39 Å². The number of rotatable bonds is 5. The summed E-state index contributed by atoms with van der Waals surface area (Å²) in [5.41, 5.74) is 0.265. The lowest BCUT2D eigenvalue weighted by Crippen LogP contribution is -2.40. The number of thiophene rings is 1. The maximum Gasteiger partial charge on any atom is 0.252 e. The second-order valence-electron chi connectivity index (χ2n) is 6.07. The van der Waals surface area contributed by atoms with Gasteiger partial charge in [0.2, 0.25) is 5.56 Å². The number of nitrogens with one attached hydrogen (secondary N) is 1. The molecule has 128 valence electrons. The van der Waals surface area contributed by atoms with Crippen LogP contribution < -0.4 is 10.9 Å². The van der Waals surface area contributed by atoms with Gasteiger partial charge in [-0.05, 0) is 23.9 Å². The highest BCUT2D eigenvalue weighted by Gasteiger charge is 2.32. The van der Waals surface area contributed by atoms with E-state index in [1.54, 1.807) is 18.4 Å². The van der Waals surface area contributed by atoms with E-state index in [4.69, 9.17) is 0 Å². The summed E-state index contributed by atoms with van der Waals surface area (Å²) in [7, 11) is 1.60. The Morgan fingerprint density at radius 3 is 2.96 bits per heavy atom. The molecule has 2 aromatic rings. The maximum atomic E-state index is 13.8. The van der Waals surface area contributed by atoms with Crippen molar-refractivity contribution in [2.45, 2.75) is 25.2 Å². The number of nitrogens with zero attached hydrogens (tertiary/aromatic N) is 2. The normalized spacial score (nSPS) is 21.1. The lowest BCUT2D eigenvalue weighted by atomic mass is 10.2. The highest BCUT2D eigenvalue weighted by atomic mass is 32.1. The average Bonchev–Trinajstić information content (AvgIpc) is 3.18. The van der Waals surface area contributed by atoms with E-state index in [-0.39, 0.29) is 17.5 Å². The van der Waals surface area contributed by atoms with Gasteiger partial charge in [0.05, 0.1) is 5.56 Å². The van der Waals surface area contributed by atoms with Crippen LogP contribution >= 0.6 is 11.3 Å². The van der Waals surface area contributed by atoms with Gasteiger partial charge in [0.15, 0.2) is 0 Å². The molecule has 0 aromatic carbocycles. The first-order valence-electron chi connectivity index (χ1n) is 7.88. The fraction of sp³-hybridized carbons (Fsp3) is 0.412. The molecule has 0 unspecified atom stereocenters. The first kappa shape index (κ1) is 16.9. The van der Waals surface area contributed by atoms with Crippen LogP contribution in [-0.2, 0) is 13.6 Å². The quantitative estimate of drug-likeness (QED) is 0.895. The molecule has 1 saturated heterocycles. The van der Waals surface area contributed by atoms with E-state index >= 15 is 0 Å². The Bertz CT molecular complexity index is 759. The Morgan fingerprint density at radius 1 is 1.42 bits per heavy atom. The molecule has 2 atom stereocenters. The average molecular weight is 349 g/mol. The van der Waals surface area contributed by atoms with Gasteiger partial charge in [-0.1, -0.05) is 6.07 Å². The standard InChI is InChI=1S/C17H20FN3O2S/c1-20-9-12(4-5-16(20)22)17(23)19-8-14-7-13(18)10-21(14)11-15-3-2-6-24-15/h2-6,9,13-14H,7-8,10-11H2,1H3,(H,19,23)/t13-,14-/m0/s1. The summed E-state index contributed by atoms with van der Waals surface area (Å²) < 4.78 is 15.2. The number of carbonyl (C=O) groups is 1. The van der Waals surface area contributed by atoms with Gasteiger partial charge in [-0.15, -0.1) is 11.3 Å². The molecule has 1 aliphatic rings. The van der Waals surface area contributed by atoms with Crippen LogP contribution in [0.2, 0.25) is 0 Å². The molecule has 0 saturated carbocycles. The zero-order valence-electron chi connectivity index (χ0n) is 13.4. The molecule has 5 nitrogen and oxygen atoms in total. The Kier molecular flexibility index (Phi) is 5.11. The minimum atomic E-state index is -0.857. The van der Waals surface area contributed by atoms with Gasteiger partial charge >= 0.3 is 0 Å². The van der Waals surface area contributed by atoms with Crippen LogP contribution in [-0.4, -0.2) is 40.7 Å². The summed E-state index contributed by atoms with van der Waals surface area (Å²) in [6.45, 7) is 1.50. The summed E-state index contributed by atoms with van der Waals surface area (Å²) in [4.78, 5) is 26.9. The van der Waals surface area contributed by atoms with Gasteiger partial charge in [-0.3, -0.25) is 14.5 Å². The van der Waals surface area contributed by atoms with E-state index in [1.807, 2.05) is 17.5 Å². The summed E-state index contributed by atoms with van der Waals surface area (Å²) in [5, 5.41) is 4.87. The lowest BCUT2D eigenvalue weighted by molar-refractivity contribution is 0.0939. The van der Waals surface area contributed by atoms with Crippen LogP contribution in [0.25, 0.3) is 0 Å². The second kappa shape index (κ2) is 7.27. The summed E-state index contributed by atoms with van der Waals surface area (Å²) in [6.07, 6.45) is 1.08. The fourth-order valence-electron chi connectivity index (χ4n) is 2.97. The number of pyridine rings is 1. The Hall–Kier alpha value is -1.99. The van der Waals surface area contributed by atoms with E-state index in [2.05, 4.69) is 10.2 Å². The molecule has 0 spiro atoms. The van der Waals surface area contributed by atoms with E-state index in [0.717, 1.165) is 0 Å². The molecule has 0 aliphatic carbocycles. The summed E-state index contributed by atoms with van der Waals surface area (Å²) in [6, 6.07) is 6.88. The molecular formula is C17H20FN3O2S. The van der Waals surface area contributed by atoms with Crippen molar-refractivity contribution in [3.05, 3.63) is 56.6 Å². The number of halogens is 1. The summed E-state index contributed by atoms with van der Waals surface area (Å²) in [5.74, 6) is -0.246. The van der Waals surface area contributed by atoms with Crippen LogP contribution in [0.3, 0.4) is 0 Å². The minimum absolute atomic E-state index is 0.0152. The number of carbonyl (C=O) groups excluding carboxylic acids is 1. The second-order valence-corrected chi connectivity index (χ2v) is 7.10. The molecule has 0 radical (unpaired) electrons. The van der Waals surface area contributed by atoms with E-state index in [9.17, 15) is 14.0 Å². The van der Waals surface area contributed by atoms with Crippen molar-refractivity contribution in [1.29, 1.82) is 0 Å². The third-order valence-electron chi connectivity index (χ3n) is 4.26. The van der Waals surface area contributed by atoms with E-state index in [0.29, 0.717) is 31.6 Å². The fourth-order valence-corrected chi connectivity index (χ4v) is 3.70. The first-order valence-corrected chi connectivity index (χ1v) is 8.76. The number of aromatic nitrogens is 1. The maximum absolute atomic E-state index is 13.8. The number of likely N-dealkylation sites (tertiary alicyclic amines) is 1. The Balaban J connectivity index is 1.60. The van der Waals surface area contributed by atoms with Gasteiger partial charge in [0, 0.05) is 49.9 Å². The molecule has 1 fully saturated rings. The van der Waals surface area contributed by atoms with E-state index in [1.165, 1.54) is 27.8 Å². The Labute approximate surface area is 143 Å². The predicted molar refractivity (Wildman–Crippen MR) is 92.0 cm³/mol. The van der Waals surface area contributed by atoms with Gasteiger partial charge in [-0.2, -0.15) is 0 Å². The lowest BCUT2D eigenvalue weighted by Gasteiger charge is -2.23. The third-order valence-corrected chi connectivity index (χ3v) is 5.12. The third kappa shape index (κ3) is 3.91. The largest absolute Gasteiger partial charge is 0.350 e. The molecule has 1 aliphatic heterocycles. The number of aryl methyl sites for hydroxylation is 1. The van der Waals surface area contributed by atoms with Crippen molar-refractivity contribution >= 4 is 17.2 Å². The van der Waals surface area contributed by atoms with Crippen LogP contribution in [0.5, 0.6) is 0 Å². The molecule has 3 rings (SSSR count). The zero-order valence-corrected chi connectivity index (χ0v) is 14.3. The monoisotopic (exact) mass is 349 g/mol. The smallest absolute Gasteiger partial charge is 0.252 e. The Morgan fingerprint density at radius 2 is 2.25 bits per heavy atom. The molecule has 24 heavy (non-hydrogen) atoms. The molecule has 1 N–H and O–H groups in total. The highest BCUT2D eigenvalue weighted by Crippen LogP contribution is 2.23. The highest BCUT2D eigenvalue weighted by molar-refractivity contribution is 7.09. The van der Waals surface area contributed by atoms with Crippen molar-refractivity contribution in [2.75, 3.05) is 13.1 Å². The molecule has 2 aromatic heterocycles. The molecule has 7 heteroatoms. The number of hydrogen-bond acceptors (Lipinski definition) is 4. The van der Waals surface area contributed by atoms with Crippen molar-refractivity contribution in [3.63, 3.8) is 0 Å². The minimum Gasteiger partial charge on any atom is -0.350 e. The van der Waals surface area contributed by atoms with Crippen molar-refractivity contribution < 1.29 is 9.18 Å². The van der Waals surface area contributed by atoms with Gasteiger partial charge in [0.25, 0.3) is 5.91 Å². The predicted octanol–water partition coefficient (Wildman–Crippen LogP) is 1.79. The number of amides is 1. The van der Waals surface area contributed by atoms with Crippen molar-refractivity contribution in [3.8, 4) is 0 Å². The number of hydrogen-bond donors (Lipinski definition) is 1.